The molecule has 3 aromatic rings. The number of piperidine rings is 1. The maximum atomic E-state index is 13.0. The van der Waals surface area contributed by atoms with Crippen LogP contribution in [0.4, 0.5) is 0 Å². The third-order valence-corrected chi connectivity index (χ3v) is 5.62. The number of aromatic nitrogens is 6. The average Bonchev–Trinajstić information content (AvgIpc) is 3.26. The lowest BCUT2D eigenvalue weighted by Crippen LogP contribution is -2.42. The van der Waals surface area contributed by atoms with Gasteiger partial charge in [0.2, 0.25) is 0 Å². The Morgan fingerprint density at radius 3 is 2.86 bits per heavy atom. The van der Waals surface area contributed by atoms with Crippen molar-refractivity contribution in [1.82, 2.24) is 39.6 Å². The summed E-state index contributed by atoms with van der Waals surface area (Å²) in [6.45, 7) is 1.74. The summed E-state index contributed by atoms with van der Waals surface area (Å²) in [6.07, 6.45) is 7.84. The molecule has 1 saturated heterocycles. The summed E-state index contributed by atoms with van der Waals surface area (Å²) in [5, 5.41) is 12.4. The van der Waals surface area contributed by atoms with E-state index in [1.807, 2.05) is 25.0 Å². The second-order valence-electron chi connectivity index (χ2n) is 7.74. The summed E-state index contributed by atoms with van der Waals surface area (Å²) in [5.74, 6) is 0.309. The maximum Gasteiger partial charge on any atom is 0.255 e. The second kappa shape index (κ2) is 7.31. The molecule has 0 N–H and O–H groups in total. The third kappa shape index (κ3) is 3.37. The molecule has 0 bridgehead atoms. The zero-order valence-electron chi connectivity index (χ0n) is 16.8. The number of nitrogens with zero attached hydrogens (tertiary/aromatic N) is 8. The van der Waals surface area contributed by atoms with Crippen LogP contribution < -0.4 is 0 Å². The average molecular weight is 382 g/mol. The largest absolute Gasteiger partial charge is 0.341 e. The van der Waals surface area contributed by atoms with Crippen LogP contribution in [-0.4, -0.2) is 72.7 Å². The normalized spacial score (nSPS) is 20.6. The van der Waals surface area contributed by atoms with Gasteiger partial charge in [-0.15, -0.1) is 5.10 Å². The number of rotatable bonds is 4. The van der Waals surface area contributed by atoms with E-state index >= 15 is 0 Å². The standard InChI is InChI=1S/C19H26N8O/c1-24-7-5-6-13(17(24)15-10-21-26(3)12-15)11-25(2)19(28)14-8-16-18(20-9-14)27(4)23-22-16/h8-10,12-13,17H,5-7,11H2,1-4H3/t13-,17+/m0/s1. The third-order valence-electron chi connectivity index (χ3n) is 5.62. The molecule has 3 aromatic heterocycles. The van der Waals surface area contributed by atoms with E-state index in [4.69, 9.17) is 0 Å². The Morgan fingerprint density at radius 2 is 2.11 bits per heavy atom. The number of aryl methyl sites for hydroxylation is 2. The minimum atomic E-state index is -0.0433. The highest BCUT2D eigenvalue weighted by Gasteiger charge is 2.33. The fraction of sp³-hybridized carbons (Fsp3) is 0.526. The Kier molecular flexibility index (Phi) is 4.84. The van der Waals surface area contributed by atoms with Crippen molar-refractivity contribution in [2.24, 2.45) is 20.0 Å². The van der Waals surface area contributed by atoms with Gasteiger partial charge in [0.1, 0.15) is 5.52 Å². The van der Waals surface area contributed by atoms with Crippen LogP contribution in [0.5, 0.6) is 0 Å². The molecule has 0 saturated carbocycles. The molecule has 9 heteroatoms. The maximum absolute atomic E-state index is 13.0. The highest BCUT2D eigenvalue weighted by atomic mass is 16.2. The van der Waals surface area contributed by atoms with Crippen LogP contribution in [0.15, 0.2) is 24.7 Å². The van der Waals surface area contributed by atoms with Gasteiger partial charge in [0.15, 0.2) is 5.65 Å². The van der Waals surface area contributed by atoms with Gasteiger partial charge < -0.3 is 4.90 Å². The molecule has 1 fully saturated rings. The van der Waals surface area contributed by atoms with Crippen molar-refractivity contribution in [3.05, 3.63) is 35.8 Å². The molecular formula is C19H26N8O. The summed E-state index contributed by atoms with van der Waals surface area (Å²) in [4.78, 5) is 21.5. The molecule has 0 radical (unpaired) electrons. The number of amides is 1. The summed E-state index contributed by atoms with van der Waals surface area (Å²) in [6, 6.07) is 2.03. The van der Waals surface area contributed by atoms with E-state index in [9.17, 15) is 4.79 Å². The van der Waals surface area contributed by atoms with E-state index in [1.165, 1.54) is 5.56 Å². The highest BCUT2D eigenvalue weighted by Crippen LogP contribution is 2.35. The van der Waals surface area contributed by atoms with E-state index in [2.05, 4.69) is 38.5 Å². The lowest BCUT2D eigenvalue weighted by atomic mass is 9.85. The summed E-state index contributed by atoms with van der Waals surface area (Å²) in [5.41, 5.74) is 3.05. The van der Waals surface area contributed by atoms with Gasteiger partial charge in [0.25, 0.3) is 5.91 Å². The molecule has 4 heterocycles. The van der Waals surface area contributed by atoms with Gasteiger partial charge in [0, 0.05) is 51.7 Å². The van der Waals surface area contributed by atoms with Crippen LogP contribution in [0.25, 0.3) is 11.2 Å². The molecule has 28 heavy (non-hydrogen) atoms. The van der Waals surface area contributed by atoms with Crippen LogP contribution in [0.2, 0.25) is 0 Å². The van der Waals surface area contributed by atoms with Crippen molar-refractivity contribution in [2.75, 3.05) is 27.2 Å². The second-order valence-corrected chi connectivity index (χ2v) is 7.74. The lowest BCUT2D eigenvalue weighted by molar-refractivity contribution is 0.0645. The number of hydrogen-bond donors (Lipinski definition) is 0. The zero-order valence-corrected chi connectivity index (χ0v) is 16.8. The van der Waals surface area contributed by atoms with Crippen LogP contribution in [-0.2, 0) is 14.1 Å². The van der Waals surface area contributed by atoms with Gasteiger partial charge >= 0.3 is 0 Å². The predicted molar refractivity (Wildman–Crippen MR) is 105 cm³/mol. The highest BCUT2D eigenvalue weighted by molar-refractivity contribution is 5.96. The van der Waals surface area contributed by atoms with E-state index in [0.717, 1.165) is 19.4 Å². The quantitative estimate of drug-likeness (QED) is 0.675. The molecule has 0 aliphatic carbocycles. The molecule has 1 aliphatic rings. The Balaban J connectivity index is 1.53. The summed E-state index contributed by atoms with van der Waals surface area (Å²) < 4.78 is 3.44. The smallest absolute Gasteiger partial charge is 0.255 e. The fourth-order valence-corrected chi connectivity index (χ4v) is 4.27. The number of carbonyl (C=O) groups excluding carboxylic acids is 1. The number of fused-ring (bicyclic) bond motifs is 1. The van der Waals surface area contributed by atoms with E-state index in [1.54, 1.807) is 28.9 Å². The first kappa shape index (κ1) is 18.5. The van der Waals surface area contributed by atoms with Crippen molar-refractivity contribution in [3.8, 4) is 0 Å². The minimum Gasteiger partial charge on any atom is -0.341 e. The Morgan fingerprint density at radius 1 is 1.29 bits per heavy atom. The number of pyridine rings is 1. The molecule has 9 nitrogen and oxygen atoms in total. The Labute approximate surface area is 163 Å². The first-order chi connectivity index (χ1) is 13.4. The van der Waals surface area contributed by atoms with Gasteiger partial charge in [-0.05, 0) is 38.4 Å². The van der Waals surface area contributed by atoms with Gasteiger partial charge in [-0.25, -0.2) is 9.67 Å². The van der Waals surface area contributed by atoms with Crippen LogP contribution >= 0.6 is 0 Å². The Hall–Kier alpha value is -2.81. The van der Waals surface area contributed by atoms with Crippen molar-refractivity contribution in [1.29, 1.82) is 0 Å². The molecule has 0 unspecified atom stereocenters. The SMILES string of the molecule is CN(C[C@@H]1CCCN(C)[C@H]1c1cnn(C)c1)C(=O)c1cnc2c(c1)nnn2C. The number of hydrogen-bond acceptors (Lipinski definition) is 6. The van der Waals surface area contributed by atoms with E-state index in [-0.39, 0.29) is 11.9 Å². The predicted octanol–water partition coefficient (Wildman–Crippen LogP) is 1.25. The fourth-order valence-electron chi connectivity index (χ4n) is 4.27. The van der Waals surface area contributed by atoms with Crippen LogP contribution in [0.1, 0.15) is 34.8 Å². The summed E-state index contributed by atoms with van der Waals surface area (Å²) in [7, 11) is 7.73. The molecular weight excluding hydrogens is 356 g/mol. The van der Waals surface area contributed by atoms with Crippen molar-refractivity contribution < 1.29 is 4.79 Å². The van der Waals surface area contributed by atoms with Gasteiger partial charge in [-0.2, -0.15) is 5.10 Å². The number of carbonyl (C=O) groups is 1. The molecule has 148 valence electrons. The van der Waals surface area contributed by atoms with Crippen LogP contribution in [0, 0.1) is 5.92 Å². The number of likely N-dealkylation sites (tertiary alicyclic amines) is 1. The molecule has 1 aliphatic heterocycles. The first-order valence-corrected chi connectivity index (χ1v) is 9.53. The Bertz CT molecular complexity index is 993. The minimum absolute atomic E-state index is 0.0433. The lowest BCUT2D eigenvalue weighted by Gasteiger charge is -2.40. The first-order valence-electron chi connectivity index (χ1n) is 9.53. The summed E-state index contributed by atoms with van der Waals surface area (Å²) >= 11 is 0. The van der Waals surface area contributed by atoms with Gasteiger partial charge in [0.05, 0.1) is 11.8 Å². The molecule has 0 spiro atoms. The van der Waals surface area contributed by atoms with E-state index in [0.29, 0.717) is 29.2 Å². The van der Waals surface area contributed by atoms with Crippen molar-refractivity contribution in [3.63, 3.8) is 0 Å². The van der Waals surface area contributed by atoms with Crippen molar-refractivity contribution >= 4 is 17.1 Å². The van der Waals surface area contributed by atoms with E-state index < -0.39 is 0 Å². The van der Waals surface area contributed by atoms with Gasteiger partial charge in [-0.1, -0.05) is 5.21 Å². The molecule has 4 rings (SSSR count). The molecule has 2 atom stereocenters. The van der Waals surface area contributed by atoms with Crippen molar-refractivity contribution in [2.45, 2.75) is 18.9 Å². The molecule has 0 aromatic carbocycles. The van der Waals surface area contributed by atoms with Gasteiger partial charge in [-0.3, -0.25) is 14.4 Å². The topological polar surface area (TPSA) is 85.0 Å². The zero-order chi connectivity index (χ0) is 19.8. The monoisotopic (exact) mass is 382 g/mol. The van der Waals surface area contributed by atoms with Crippen LogP contribution in [0.3, 0.4) is 0 Å². The molecule has 1 amide bonds.